The Kier molecular flexibility index (Phi) is 8.37. The lowest BCUT2D eigenvalue weighted by atomic mass is 9.86. The monoisotopic (exact) mass is 463 g/mol. The van der Waals surface area contributed by atoms with Crippen LogP contribution in [0.2, 0.25) is 5.02 Å². The van der Waals surface area contributed by atoms with Gasteiger partial charge < -0.3 is 15.2 Å². The minimum absolute atomic E-state index is 0.0278. The second-order valence-corrected chi connectivity index (χ2v) is 9.39. The minimum Gasteiger partial charge on any atom is -0.352 e. The third-order valence-electron chi connectivity index (χ3n) is 5.69. The zero-order valence-electron chi connectivity index (χ0n) is 18.2. The molecular weight excluding hydrogens is 434 g/mol. The van der Waals surface area contributed by atoms with E-state index in [4.69, 9.17) is 11.6 Å². The Morgan fingerprint density at radius 2 is 1.94 bits per heavy atom. The molecule has 1 aromatic carbocycles. The van der Waals surface area contributed by atoms with E-state index in [0.29, 0.717) is 39.8 Å². The van der Waals surface area contributed by atoms with Crippen LogP contribution < -0.4 is 10.6 Å². The Hall–Kier alpha value is -2.06. The zero-order valence-corrected chi connectivity index (χ0v) is 19.8. The molecule has 2 N–H and O–H groups in total. The standard InChI is InChI=1S/C22H30ClN5O2S/c1-4-28-20(15(3)24-21(30)16-9-11-17(23)12-10-16)26-27-22(28)31-13-19(29)25-18-8-6-5-7-14(18)2/h9-12,14-15,18H,4-8,13H2,1-3H3,(H,24,30)(H,25,29)/t14-,15-,18-/m1/s1. The fourth-order valence-electron chi connectivity index (χ4n) is 3.88. The van der Waals surface area contributed by atoms with E-state index in [9.17, 15) is 9.59 Å². The number of hydrogen-bond acceptors (Lipinski definition) is 5. The van der Waals surface area contributed by atoms with Gasteiger partial charge in [0.2, 0.25) is 5.91 Å². The Balaban J connectivity index is 1.58. The zero-order chi connectivity index (χ0) is 22.4. The number of carbonyl (C=O) groups excluding carboxylic acids is 2. The second kappa shape index (κ2) is 11.0. The number of nitrogens with zero attached hydrogens (tertiary/aromatic N) is 3. The van der Waals surface area contributed by atoms with E-state index in [-0.39, 0.29) is 23.9 Å². The van der Waals surface area contributed by atoms with Gasteiger partial charge in [-0.25, -0.2) is 0 Å². The van der Waals surface area contributed by atoms with Gasteiger partial charge in [0.05, 0.1) is 11.8 Å². The van der Waals surface area contributed by atoms with E-state index in [1.807, 2.05) is 18.4 Å². The molecule has 1 aliphatic carbocycles. The fourth-order valence-corrected chi connectivity index (χ4v) is 4.83. The maximum Gasteiger partial charge on any atom is 0.251 e. The number of halogens is 1. The van der Waals surface area contributed by atoms with Gasteiger partial charge in [-0.05, 0) is 56.9 Å². The Morgan fingerprint density at radius 3 is 2.61 bits per heavy atom. The molecule has 0 unspecified atom stereocenters. The van der Waals surface area contributed by atoms with Gasteiger partial charge >= 0.3 is 0 Å². The van der Waals surface area contributed by atoms with Gasteiger partial charge in [0, 0.05) is 23.2 Å². The summed E-state index contributed by atoms with van der Waals surface area (Å²) < 4.78 is 1.94. The van der Waals surface area contributed by atoms with Crippen molar-refractivity contribution in [1.82, 2.24) is 25.4 Å². The van der Waals surface area contributed by atoms with Crippen LogP contribution >= 0.6 is 23.4 Å². The molecule has 0 radical (unpaired) electrons. The van der Waals surface area contributed by atoms with Crippen molar-refractivity contribution in [2.45, 2.75) is 70.2 Å². The third-order valence-corrected chi connectivity index (χ3v) is 6.91. The van der Waals surface area contributed by atoms with E-state index < -0.39 is 0 Å². The van der Waals surface area contributed by atoms with Crippen LogP contribution in [0.15, 0.2) is 29.4 Å². The van der Waals surface area contributed by atoms with Crippen molar-refractivity contribution in [3.8, 4) is 0 Å². The van der Waals surface area contributed by atoms with Crippen molar-refractivity contribution >= 4 is 35.2 Å². The van der Waals surface area contributed by atoms with Gasteiger partial charge in [-0.15, -0.1) is 10.2 Å². The summed E-state index contributed by atoms with van der Waals surface area (Å²) in [4.78, 5) is 24.9. The normalized spacial score (nSPS) is 19.6. The molecule has 0 saturated heterocycles. The molecule has 1 heterocycles. The molecule has 0 aliphatic heterocycles. The Labute approximate surface area is 192 Å². The maximum absolute atomic E-state index is 12.5. The molecule has 2 aromatic rings. The lowest BCUT2D eigenvalue weighted by molar-refractivity contribution is -0.119. The highest BCUT2D eigenvalue weighted by Gasteiger charge is 2.24. The summed E-state index contributed by atoms with van der Waals surface area (Å²) in [6, 6.07) is 6.67. The van der Waals surface area contributed by atoms with Crippen LogP contribution in [0.3, 0.4) is 0 Å². The molecule has 1 aliphatic rings. The molecular formula is C22H30ClN5O2S. The summed E-state index contributed by atoms with van der Waals surface area (Å²) in [7, 11) is 0. The van der Waals surface area contributed by atoms with E-state index >= 15 is 0 Å². The highest BCUT2D eigenvalue weighted by Crippen LogP contribution is 2.25. The van der Waals surface area contributed by atoms with Crippen LogP contribution in [-0.2, 0) is 11.3 Å². The molecule has 1 saturated carbocycles. The molecule has 1 fully saturated rings. The van der Waals surface area contributed by atoms with Crippen molar-refractivity contribution in [2.75, 3.05) is 5.75 Å². The lowest BCUT2D eigenvalue weighted by Crippen LogP contribution is -2.41. The topological polar surface area (TPSA) is 88.9 Å². The first kappa shape index (κ1) is 23.6. The van der Waals surface area contributed by atoms with E-state index in [2.05, 4.69) is 27.8 Å². The molecule has 3 rings (SSSR count). The second-order valence-electron chi connectivity index (χ2n) is 8.01. The van der Waals surface area contributed by atoms with Crippen molar-refractivity contribution in [3.05, 3.63) is 40.7 Å². The minimum atomic E-state index is -0.332. The van der Waals surface area contributed by atoms with Crippen LogP contribution in [0.1, 0.15) is 68.7 Å². The van der Waals surface area contributed by atoms with Crippen molar-refractivity contribution in [1.29, 1.82) is 0 Å². The van der Waals surface area contributed by atoms with Crippen molar-refractivity contribution in [2.24, 2.45) is 5.92 Å². The highest BCUT2D eigenvalue weighted by molar-refractivity contribution is 7.99. The van der Waals surface area contributed by atoms with Crippen LogP contribution in [-0.4, -0.2) is 38.4 Å². The first-order valence-corrected chi connectivity index (χ1v) is 12.2. The number of carbonyl (C=O) groups is 2. The Morgan fingerprint density at radius 1 is 1.23 bits per heavy atom. The first-order valence-electron chi connectivity index (χ1n) is 10.8. The molecule has 2 amide bonds. The number of hydrogen-bond donors (Lipinski definition) is 2. The molecule has 168 valence electrons. The molecule has 9 heteroatoms. The quantitative estimate of drug-likeness (QED) is 0.572. The third kappa shape index (κ3) is 6.23. The predicted molar refractivity (Wildman–Crippen MR) is 123 cm³/mol. The van der Waals surface area contributed by atoms with Gasteiger partial charge in [-0.2, -0.15) is 0 Å². The van der Waals surface area contributed by atoms with Gasteiger partial charge in [0.1, 0.15) is 0 Å². The highest BCUT2D eigenvalue weighted by atomic mass is 35.5. The summed E-state index contributed by atoms with van der Waals surface area (Å²) in [5.41, 5.74) is 0.530. The van der Waals surface area contributed by atoms with Crippen LogP contribution in [0.4, 0.5) is 0 Å². The average molecular weight is 464 g/mol. The summed E-state index contributed by atoms with van der Waals surface area (Å²) in [5.74, 6) is 1.31. The molecule has 1 aromatic heterocycles. The van der Waals surface area contributed by atoms with Crippen molar-refractivity contribution in [3.63, 3.8) is 0 Å². The van der Waals surface area contributed by atoms with Crippen molar-refractivity contribution < 1.29 is 9.59 Å². The number of nitrogens with one attached hydrogen (secondary N) is 2. The first-order chi connectivity index (χ1) is 14.9. The predicted octanol–water partition coefficient (Wildman–Crippen LogP) is 4.23. The summed E-state index contributed by atoms with van der Waals surface area (Å²) >= 11 is 7.26. The van der Waals surface area contributed by atoms with E-state index in [1.54, 1.807) is 24.3 Å². The number of rotatable bonds is 8. The van der Waals surface area contributed by atoms with Crippen LogP contribution in [0.25, 0.3) is 0 Å². The number of aromatic nitrogens is 3. The molecule has 7 nitrogen and oxygen atoms in total. The molecule has 31 heavy (non-hydrogen) atoms. The maximum atomic E-state index is 12.5. The van der Waals surface area contributed by atoms with E-state index in [1.165, 1.54) is 31.0 Å². The number of amides is 2. The van der Waals surface area contributed by atoms with Crippen LogP contribution in [0.5, 0.6) is 0 Å². The van der Waals surface area contributed by atoms with Gasteiger partial charge in [0.25, 0.3) is 5.91 Å². The summed E-state index contributed by atoms with van der Waals surface area (Å²) in [6.07, 6.45) is 4.65. The molecule has 0 spiro atoms. The van der Waals surface area contributed by atoms with Gasteiger partial charge in [0.15, 0.2) is 11.0 Å². The number of benzene rings is 1. The SMILES string of the molecule is CCn1c(SCC(=O)N[C@@H]2CCCC[C@H]2C)nnc1[C@@H](C)NC(=O)c1ccc(Cl)cc1. The molecule has 0 bridgehead atoms. The number of thioether (sulfide) groups is 1. The summed E-state index contributed by atoms with van der Waals surface area (Å²) in [5, 5.41) is 15.9. The average Bonchev–Trinajstić information content (AvgIpc) is 3.17. The van der Waals surface area contributed by atoms with Gasteiger partial charge in [-0.1, -0.05) is 43.1 Å². The fraction of sp³-hybridized carbons (Fsp3) is 0.545. The largest absolute Gasteiger partial charge is 0.352 e. The Bertz CT molecular complexity index is 902. The smallest absolute Gasteiger partial charge is 0.251 e. The lowest BCUT2D eigenvalue weighted by Gasteiger charge is -2.29. The van der Waals surface area contributed by atoms with Gasteiger partial charge in [-0.3, -0.25) is 9.59 Å². The van der Waals surface area contributed by atoms with E-state index in [0.717, 1.165) is 6.42 Å². The summed E-state index contributed by atoms with van der Waals surface area (Å²) in [6.45, 7) is 6.72. The van der Waals surface area contributed by atoms with Crippen LogP contribution in [0, 0.1) is 5.92 Å². The molecule has 3 atom stereocenters.